The Balaban J connectivity index is 3.28. The third kappa shape index (κ3) is 3.09. The molecule has 0 aliphatic heterocycles. The molecule has 0 radical (unpaired) electrons. The molecule has 0 bridgehead atoms. The molecule has 0 saturated carbocycles. The minimum atomic E-state index is -0.448. The zero-order valence-corrected chi connectivity index (χ0v) is 11.3. The first-order valence-corrected chi connectivity index (χ1v) is 6.30. The van der Waals surface area contributed by atoms with Gasteiger partial charge in [0.05, 0.1) is 24.2 Å². The van der Waals surface area contributed by atoms with Crippen LogP contribution in [0.1, 0.15) is 18.9 Å². The van der Waals surface area contributed by atoms with E-state index in [0.29, 0.717) is 23.2 Å². The lowest BCUT2D eigenvalue weighted by molar-refractivity contribution is -0.385. The quantitative estimate of drug-likeness (QED) is 0.459. The molecule has 17 heavy (non-hydrogen) atoms. The maximum absolute atomic E-state index is 10.9. The van der Waals surface area contributed by atoms with E-state index in [-0.39, 0.29) is 11.4 Å². The van der Waals surface area contributed by atoms with Gasteiger partial charge in [-0.05, 0) is 12.5 Å². The normalized spacial score (nSPS) is 10.1. The Morgan fingerprint density at radius 3 is 2.65 bits per heavy atom. The second kappa shape index (κ2) is 6.44. The summed E-state index contributed by atoms with van der Waals surface area (Å²) in [5, 5.41) is 11.4. The summed E-state index contributed by atoms with van der Waals surface area (Å²) >= 11 is 3.29. The van der Waals surface area contributed by atoms with Crippen LogP contribution >= 0.6 is 15.9 Å². The lowest BCUT2D eigenvalue weighted by atomic mass is 10.1. The van der Waals surface area contributed by atoms with Crippen LogP contribution < -0.4 is 9.47 Å². The van der Waals surface area contributed by atoms with Crippen molar-refractivity contribution in [3.8, 4) is 11.5 Å². The zero-order valence-electron chi connectivity index (χ0n) is 9.73. The lowest BCUT2D eigenvalue weighted by Gasteiger charge is -2.12. The fourth-order valence-corrected chi connectivity index (χ4v) is 1.96. The molecule has 0 heterocycles. The van der Waals surface area contributed by atoms with E-state index in [1.54, 1.807) is 6.07 Å². The molecule has 5 nitrogen and oxygen atoms in total. The summed E-state index contributed by atoms with van der Waals surface area (Å²) in [5.74, 6) is 0.867. The van der Waals surface area contributed by atoms with Crippen molar-refractivity contribution in [1.82, 2.24) is 0 Å². The van der Waals surface area contributed by atoms with Crippen LogP contribution in [0.4, 0.5) is 5.69 Å². The van der Waals surface area contributed by atoms with Gasteiger partial charge in [-0.2, -0.15) is 0 Å². The van der Waals surface area contributed by atoms with Crippen molar-refractivity contribution < 1.29 is 14.4 Å². The van der Waals surface area contributed by atoms with Crippen LogP contribution in [-0.2, 0) is 5.33 Å². The third-order valence-corrected chi connectivity index (χ3v) is 2.76. The van der Waals surface area contributed by atoms with Gasteiger partial charge in [0, 0.05) is 11.4 Å². The number of ether oxygens (including phenoxy) is 2. The van der Waals surface area contributed by atoms with Gasteiger partial charge in [-0.15, -0.1) is 0 Å². The van der Waals surface area contributed by atoms with Gasteiger partial charge in [-0.1, -0.05) is 22.9 Å². The van der Waals surface area contributed by atoms with E-state index in [2.05, 4.69) is 15.9 Å². The topological polar surface area (TPSA) is 61.6 Å². The number of alkyl halides is 1. The molecule has 0 amide bonds. The first kappa shape index (κ1) is 13.8. The number of hydrogen-bond donors (Lipinski definition) is 0. The van der Waals surface area contributed by atoms with E-state index in [0.717, 1.165) is 6.42 Å². The van der Waals surface area contributed by atoms with Crippen molar-refractivity contribution in [1.29, 1.82) is 0 Å². The van der Waals surface area contributed by atoms with E-state index in [1.165, 1.54) is 13.2 Å². The Bertz CT molecular complexity index is 409. The van der Waals surface area contributed by atoms with Crippen LogP contribution in [0, 0.1) is 10.1 Å². The average Bonchev–Trinajstić information content (AvgIpc) is 2.34. The summed E-state index contributed by atoms with van der Waals surface area (Å²) < 4.78 is 10.6. The van der Waals surface area contributed by atoms with E-state index in [1.807, 2.05) is 6.92 Å². The molecular weight excluding hydrogens is 290 g/mol. The van der Waals surface area contributed by atoms with E-state index >= 15 is 0 Å². The van der Waals surface area contributed by atoms with Crippen molar-refractivity contribution >= 4 is 21.6 Å². The van der Waals surface area contributed by atoms with E-state index in [9.17, 15) is 10.1 Å². The van der Waals surface area contributed by atoms with Gasteiger partial charge in [0.1, 0.15) is 5.75 Å². The van der Waals surface area contributed by atoms with Crippen LogP contribution in [0.15, 0.2) is 12.1 Å². The fourth-order valence-electron chi connectivity index (χ4n) is 1.42. The highest BCUT2D eigenvalue weighted by Gasteiger charge is 2.22. The molecule has 0 unspecified atom stereocenters. The lowest BCUT2D eigenvalue weighted by Crippen LogP contribution is -2.03. The smallest absolute Gasteiger partial charge is 0.311 e. The molecule has 94 valence electrons. The summed E-state index contributed by atoms with van der Waals surface area (Å²) in [4.78, 5) is 10.5. The maximum atomic E-state index is 10.9. The molecule has 0 saturated heterocycles. The van der Waals surface area contributed by atoms with Crippen LogP contribution in [-0.4, -0.2) is 18.6 Å². The SMILES string of the molecule is CCCOc1c([N+](=O)[O-])ccc(OC)c1CBr. The molecule has 0 fully saturated rings. The number of benzene rings is 1. The summed E-state index contributed by atoms with van der Waals surface area (Å²) in [6, 6.07) is 2.98. The molecular formula is C11H14BrNO4. The van der Waals surface area contributed by atoms with Crippen molar-refractivity contribution in [3.63, 3.8) is 0 Å². The molecule has 0 N–H and O–H groups in total. The standard InChI is InChI=1S/C11H14BrNO4/c1-3-6-17-11-8(7-12)10(16-2)5-4-9(11)13(14)15/h4-5H,3,6-7H2,1-2H3. The monoisotopic (exact) mass is 303 g/mol. The molecule has 0 atom stereocenters. The molecule has 6 heteroatoms. The second-order valence-electron chi connectivity index (χ2n) is 3.33. The van der Waals surface area contributed by atoms with Crippen molar-refractivity contribution in [2.45, 2.75) is 18.7 Å². The predicted octanol–water partition coefficient (Wildman–Crippen LogP) is 3.29. The average molecular weight is 304 g/mol. The number of halogens is 1. The van der Waals surface area contributed by atoms with Crippen LogP contribution in [0.3, 0.4) is 0 Å². The number of hydrogen-bond acceptors (Lipinski definition) is 4. The van der Waals surface area contributed by atoms with Gasteiger partial charge in [-0.25, -0.2) is 0 Å². The first-order chi connectivity index (χ1) is 8.15. The van der Waals surface area contributed by atoms with Crippen LogP contribution in [0.25, 0.3) is 0 Å². The number of rotatable bonds is 6. The van der Waals surface area contributed by atoms with Crippen molar-refractivity contribution in [2.24, 2.45) is 0 Å². The Hall–Kier alpha value is -1.30. The minimum Gasteiger partial charge on any atom is -0.496 e. The van der Waals surface area contributed by atoms with Crippen LogP contribution in [0.5, 0.6) is 11.5 Å². The third-order valence-electron chi connectivity index (χ3n) is 2.20. The molecule has 1 rings (SSSR count). The predicted molar refractivity (Wildman–Crippen MR) is 68.1 cm³/mol. The second-order valence-corrected chi connectivity index (χ2v) is 3.89. The van der Waals surface area contributed by atoms with Crippen LogP contribution in [0.2, 0.25) is 0 Å². The Morgan fingerprint density at radius 1 is 1.47 bits per heavy atom. The highest BCUT2D eigenvalue weighted by atomic mass is 79.9. The van der Waals surface area contributed by atoms with Gasteiger partial charge in [0.2, 0.25) is 5.75 Å². The van der Waals surface area contributed by atoms with Gasteiger partial charge >= 0.3 is 5.69 Å². The zero-order chi connectivity index (χ0) is 12.8. The maximum Gasteiger partial charge on any atom is 0.311 e. The summed E-state index contributed by atoms with van der Waals surface area (Å²) in [6.45, 7) is 2.38. The first-order valence-electron chi connectivity index (χ1n) is 5.18. The Morgan fingerprint density at radius 2 is 2.18 bits per heavy atom. The number of nitrogens with zero attached hydrogens (tertiary/aromatic N) is 1. The van der Waals surface area contributed by atoms with Gasteiger partial charge in [0.15, 0.2) is 0 Å². The van der Waals surface area contributed by atoms with Crippen molar-refractivity contribution in [3.05, 3.63) is 27.8 Å². The fraction of sp³-hybridized carbons (Fsp3) is 0.455. The molecule has 0 aromatic heterocycles. The summed E-state index contributed by atoms with van der Waals surface area (Å²) in [6.07, 6.45) is 0.788. The summed E-state index contributed by atoms with van der Waals surface area (Å²) in [7, 11) is 1.52. The molecule has 0 aliphatic carbocycles. The highest BCUT2D eigenvalue weighted by molar-refractivity contribution is 9.08. The Labute approximate surface area is 108 Å². The number of nitro benzene ring substituents is 1. The van der Waals surface area contributed by atoms with E-state index < -0.39 is 4.92 Å². The summed E-state index contributed by atoms with van der Waals surface area (Å²) in [5.41, 5.74) is 0.629. The largest absolute Gasteiger partial charge is 0.496 e. The highest BCUT2D eigenvalue weighted by Crippen LogP contribution is 2.38. The Kier molecular flexibility index (Phi) is 5.21. The van der Waals surface area contributed by atoms with Crippen molar-refractivity contribution in [2.75, 3.05) is 13.7 Å². The minimum absolute atomic E-state index is 0.0336. The molecule has 1 aromatic carbocycles. The molecule has 0 aliphatic rings. The van der Waals surface area contributed by atoms with E-state index in [4.69, 9.17) is 9.47 Å². The van der Waals surface area contributed by atoms with Gasteiger partial charge < -0.3 is 9.47 Å². The number of nitro groups is 1. The molecule has 0 spiro atoms. The van der Waals surface area contributed by atoms with Gasteiger partial charge in [-0.3, -0.25) is 10.1 Å². The molecule has 1 aromatic rings. The number of methoxy groups -OCH3 is 1. The van der Waals surface area contributed by atoms with Gasteiger partial charge in [0.25, 0.3) is 0 Å².